The van der Waals surface area contributed by atoms with Crippen molar-refractivity contribution in [1.82, 2.24) is 0 Å². The molecule has 0 rings (SSSR count). The molecule has 0 bridgehead atoms. The fourth-order valence-electron chi connectivity index (χ4n) is 0. The van der Waals surface area contributed by atoms with Gasteiger partial charge >= 0.3 is 20.8 Å². The molecular weight excluding hydrogens is 248 g/mol. The van der Waals surface area contributed by atoms with Gasteiger partial charge < -0.3 is 0 Å². The van der Waals surface area contributed by atoms with Gasteiger partial charge in [-0.3, -0.25) is 41.6 Å². The summed E-state index contributed by atoms with van der Waals surface area (Å²) in [7, 11) is -9.33. The molecule has 0 aliphatic rings. The monoisotopic (exact) mass is 260 g/mol. The van der Waals surface area contributed by atoms with Crippen LogP contribution in [0.3, 0.4) is 0 Å². The minimum absolute atomic E-state index is 4.00. The molecule has 12 N–H and O–H groups in total. The first-order valence-electron chi connectivity index (χ1n) is 2.06. The molecule has 0 aliphatic carbocycles. The molecule has 0 amide bonds. The molecule has 0 aromatic rings. The SMILES string of the molecule is NN.NN.O=S(=O)(O)O.O=S(=O)(O)O. The van der Waals surface area contributed by atoms with E-state index in [-0.39, 0.29) is 0 Å². The average molecular weight is 260 g/mol. The van der Waals surface area contributed by atoms with Gasteiger partial charge in [-0.15, -0.1) is 0 Å². The molecule has 0 aromatic carbocycles. The van der Waals surface area contributed by atoms with Crippen LogP contribution in [0, 0.1) is 0 Å². The summed E-state index contributed by atoms with van der Waals surface area (Å²) in [6, 6.07) is 0. The maximum Gasteiger partial charge on any atom is 0.394 e. The first-order valence-corrected chi connectivity index (χ1v) is 4.86. The van der Waals surface area contributed by atoms with Crippen molar-refractivity contribution >= 4 is 20.8 Å². The smallest absolute Gasteiger partial charge is 0.274 e. The lowest BCUT2D eigenvalue weighted by Crippen LogP contribution is -2.02. The second-order valence-electron chi connectivity index (χ2n) is 0.896. The van der Waals surface area contributed by atoms with E-state index in [0.29, 0.717) is 0 Å². The Kier molecular flexibility index (Phi) is 21.0. The van der Waals surface area contributed by atoms with E-state index < -0.39 is 20.8 Å². The molecule has 0 aliphatic heterocycles. The van der Waals surface area contributed by atoms with Crippen molar-refractivity contribution in [2.45, 2.75) is 0 Å². The summed E-state index contributed by atoms with van der Waals surface area (Å²) in [6.07, 6.45) is 0. The minimum atomic E-state index is -4.67. The Balaban J connectivity index is -0.0000000528. The molecule has 0 aromatic heterocycles. The maximum absolute atomic E-state index is 8.74. The zero-order valence-corrected chi connectivity index (χ0v) is 8.18. The normalized spacial score (nSPS) is 9.14. The van der Waals surface area contributed by atoms with Crippen LogP contribution in [-0.4, -0.2) is 35.0 Å². The molecule has 0 saturated heterocycles. The number of hydrogen-bond donors (Lipinski definition) is 8. The summed E-state index contributed by atoms with van der Waals surface area (Å²) < 4.78 is 63.2. The van der Waals surface area contributed by atoms with Crippen molar-refractivity contribution in [2.24, 2.45) is 23.4 Å². The standard InChI is InChI=1S/2H4N2.2H2O4S/c2*1-2;2*1-5(2,3)4/h2*1-2H2;2*(H2,1,2,3,4). The van der Waals surface area contributed by atoms with E-state index in [2.05, 4.69) is 23.4 Å². The van der Waals surface area contributed by atoms with E-state index in [0.717, 1.165) is 0 Å². The lowest BCUT2D eigenvalue weighted by molar-refractivity contribution is 0.378. The second-order valence-corrected chi connectivity index (χ2v) is 2.69. The number of rotatable bonds is 0. The summed E-state index contributed by atoms with van der Waals surface area (Å²) in [5.41, 5.74) is 0. The molecule has 14 heteroatoms. The van der Waals surface area contributed by atoms with Crippen molar-refractivity contribution in [2.75, 3.05) is 0 Å². The first-order chi connectivity index (χ1) is 6.00. The van der Waals surface area contributed by atoms with Crippen LogP contribution in [0.25, 0.3) is 0 Å². The van der Waals surface area contributed by atoms with Crippen LogP contribution in [0.5, 0.6) is 0 Å². The highest BCUT2D eigenvalue weighted by Gasteiger charge is 1.85. The number of hydrogen-bond acceptors (Lipinski definition) is 8. The number of nitrogens with two attached hydrogens (primary N) is 4. The summed E-state index contributed by atoms with van der Waals surface area (Å²) in [5.74, 6) is 16.0. The number of hydrazine groups is 2. The van der Waals surface area contributed by atoms with Crippen LogP contribution in [0.4, 0.5) is 0 Å². The Bertz CT molecular complexity index is 216. The van der Waals surface area contributed by atoms with Gasteiger partial charge in [0.15, 0.2) is 0 Å². The van der Waals surface area contributed by atoms with Crippen molar-refractivity contribution in [3.05, 3.63) is 0 Å². The summed E-state index contributed by atoms with van der Waals surface area (Å²) in [4.78, 5) is 0. The van der Waals surface area contributed by atoms with Gasteiger partial charge in [0, 0.05) is 0 Å². The van der Waals surface area contributed by atoms with E-state index in [9.17, 15) is 0 Å². The van der Waals surface area contributed by atoms with Gasteiger partial charge in [-0.2, -0.15) is 16.8 Å². The first kappa shape index (κ1) is 23.4. The third kappa shape index (κ3) is 7350. The molecule has 0 heterocycles. The Morgan fingerprint density at radius 1 is 0.571 bits per heavy atom. The zero-order chi connectivity index (χ0) is 13.0. The fourth-order valence-corrected chi connectivity index (χ4v) is 0. The Labute approximate surface area is 80.0 Å². The summed E-state index contributed by atoms with van der Waals surface area (Å²) in [6.45, 7) is 0. The molecule has 0 radical (unpaired) electrons. The predicted molar refractivity (Wildman–Crippen MR) is 45.1 cm³/mol. The van der Waals surface area contributed by atoms with E-state index in [1.165, 1.54) is 0 Å². The molecule has 0 spiro atoms. The average Bonchev–Trinajstić information content (AvgIpc) is 1.88. The van der Waals surface area contributed by atoms with Gasteiger partial charge in [-0.05, 0) is 0 Å². The maximum atomic E-state index is 8.74. The zero-order valence-electron chi connectivity index (χ0n) is 6.55. The third-order valence-corrected chi connectivity index (χ3v) is 0. The molecule has 0 saturated carbocycles. The molecule has 0 fully saturated rings. The van der Waals surface area contributed by atoms with Crippen LogP contribution < -0.4 is 23.4 Å². The summed E-state index contributed by atoms with van der Waals surface area (Å²) in [5, 5.41) is 0. The lowest BCUT2D eigenvalue weighted by Gasteiger charge is -1.68. The van der Waals surface area contributed by atoms with Crippen molar-refractivity contribution in [1.29, 1.82) is 0 Å². The van der Waals surface area contributed by atoms with Crippen LogP contribution >= 0.6 is 0 Å². The molecule has 0 atom stereocenters. The predicted octanol–water partition coefficient (Wildman–Crippen LogP) is -3.67. The van der Waals surface area contributed by atoms with Gasteiger partial charge in [0.05, 0.1) is 0 Å². The summed E-state index contributed by atoms with van der Waals surface area (Å²) >= 11 is 0. The van der Waals surface area contributed by atoms with E-state index >= 15 is 0 Å². The van der Waals surface area contributed by atoms with E-state index in [4.69, 9.17) is 35.0 Å². The van der Waals surface area contributed by atoms with E-state index in [1.807, 2.05) is 0 Å². The van der Waals surface area contributed by atoms with Gasteiger partial charge in [-0.1, -0.05) is 0 Å². The van der Waals surface area contributed by atoms with E-state index in [1.54, 1.807) is 0 Å². The third-order valence-electron chi connectivity index (χ3n) is 0. The largest absolute Gasteiger partial charge is 0.394 e. The Morgan fingerprint density at radius 2 is 0.571 bits per heavy atom. The molecule has 92 valence electrons. The van der Waals surface area contributed by atoms with Gasteiger partial charge in [0.25, 0.3) is 0 Å². The van der Waals surface area contributed by atoms with Crippen LogP contribution in [0.15, 0.2) is 0 Å². The van der Waals surface area contributed by atoms with Crippen LogP contribution in [0.1, 0.15) is 0 Å². The fraction of sp³-hybridized carbons (Fsp3) is 0. The van der Waals surface area contributed by atoms with Crippen LogP contribution in [0.2, 0.25) is 0 Å². The van der Waals surface area contributed by atoms with Gasteiger partial charge in [0.2, 0.25) is 0 Å². The van der Waals surface area contributed by atoms with Crippen molar-refractivity contribution in [3.63, 3.8) is 0 Å². The molecule has 12 nitrogen and oxygen atoms in total. The minimum Gasteiger partial charge on any atom is -0.274 e. The second kappa shape index (κ2) is 12.6. The highest BCUT2D eigenvalue weighted by Crippen LogP contribution is 1.59. The Hall–Kier alpha value is -0.420. The molecule has 0 unspecified atom stereocenters. The lowest BCUT2D eigenvalue weighted by atomic mass is 13.0. The molecule has 14 heavy (non-hydrogen) atoms. The van der Waals surface area contributed by atoms with Crippen LogP contribution in [-0.2, 0) is 20.8 Å². The van der Waals surface area contributed by atoms with Crippen molar-refractivity contribution in [3.8, 4) is 0 Å². The van der Waals surface area contributed by atoms with Gasteiger partial charge in [-0.25, -0.2) is 0 Å². The topological polar surface area (TPSA) is 253 Å². The Morgan fingerprint density at radius 3 is 0.571 bits per heavy atom. The molecular formula is H12N4O8S2. The van der Waals surface area contributed by atoms with Gasteiger partial charge in [0.1, 0.15) is 0 Å². The highest BCUT2D eigenvalue weighted by molar-refractivity contribution is 7.80. The van der Waals surface area contributed by atoms with Crippen molar-refractivity contribution < 1.29 is 35.0 Å². The quantitative estimate of drug-likeness (QED) is 0.119. The highest BCUT2D eigenvalue weighted by atomic mass is 32.3.